The first-order valence-electron chi connectivity index (χ1n) is 6.69. The summed E-state index contributed by atoms with van der Waals surface area (Å²) in [5.41, 5.74) is 2.09. The normalized spacial score (nSPS) is 17.7. The molecule has 0 aliphatic carbocycles. The van der Waals surface area contributed by atoms with E-state index >= 15 is 0 Å². The van der Waals surface area contributed by atoms with E-state index in [9.17, 15) is 9.18 Å². The quantitative estimate of drug-likeness (QED) is 0.797. The molecule has 1 aromatic heterocycles. The van der Waals surface area contributed by atoms with Gasteiger partial charge in [0.1, 0.15) is 0 Å². The van der Waals surface area contributed by atoms with E-state index in [1.807, 2.05) is 31.2 Å². The Balaban J connectivity index is 2.05. The summed E-state index contributed by atoms with van der Waals surface area (Å²) in [5.74, 6) is -0.877. The second-order valence-corrected chi connectivity index (χ2v) is 5.05. The molecule has 0 saturated heterocycles. The summed E-state index contributed by atoms with van der Waals surface area (Å²) in [7, 11) is 0. The van der Waals surface area contributed by atoms with Gasteiger partial charge in [-0.25, -0.2) is 4.39 Å². The molecule has 1 amide bonds. The number of carbonyl (C=O) groups excluding carboxylic acids is 1. The molecule has 2 aromatic rings. The molecule has 1 unspecified atom stereocenters. The third kappa shape index (κ3) is 2.07. The molecule has 1 aromatic carbocycles. The summed E-state index contributed by atoms with van der Waals surface area (Å²) in [6.07, 6.45) is 4.35. The van der Waals surface area contributed by atoms with Crippen molar-refractivity contribution < 1.29 is 9.18 Å². The molecule has 1 aliphatic heterocycles. The zero-order chi connectivity index (χ0) is 14.1. The van der Waals surface area contributed by atoms with Crippen LogP contribution in [0.15, 0.2) is 42.7 Å². The van der Waals surface area contributed by atoms with Crippen molar-refractivity contribution in [2.45, 2.75) is 25.8 Å². The summed E-state index contributed by atoms with van der Waals surface area (Å²) in [6, 6.07) is 9.29. The Morgan fingerprint density at radius 2 is 2.15 bits per heavy atom. The third-order valence-corrected chi connectivity index (χ3v) is 3.75. The summed E-state index contributed by atoms with van der Waals surface area (Å²) in [6.45, 7) is 1.99. The Kier molecular flexibility index (Phi) is 3.22. The van der Waals surface area contributed by atoms with Gasteiger partial charge in [-0.15, -0.1) is 0 Å². The number of anilines is 1. The van der Waals surface area contributed by atoms with Crippen molar-refractivity contribution in [1.29, 1.82) is 0 Å². The maximum absolute atomic E-state index is 13.8. The Morgan fingerprint density at radius 3 is 2.95 bits per heavy atom. The van der Waals surface area contributed by atoms with Crippen molar-refractivity contribution in [2.75, 3.05) is 4.90 Å². The number of pyridine rings is 1. The molecule has 1 atom stereocenters. The molecule has 0 radical (unpaired) electrons. The number of aryl methyl sites for hydroxylation is 1. The van der Waals surface area contributed by atoms with Crippen LogP contribution in [-0.2, 0) is 6.42 Å². The standard InChI is InChI=1S/C16H15FN2O/c1-11-6-7-12-4-2-3-5-15(12)19(11)16(20)13-8-9-18-10-14(13)17/h2-5,8-11H,6-7H2,1H3. The van der Waals surface area contributed by atoms with Crippen molar-refractivity contribution in [3.05, 3.63) is 59.7 Å². The lowest BCUT2D eigenvalue weighted by Crippen LogP contribution is -2.42. The van der Waals surface area contributed by atoms with Gasteiger partial charge in [-0.1, -0.05) is 18.2 Å². The molecule has 0 bridgehead atoms. The number of carbonyl (C=O) groups is 1. The van der Waals surface area contributed by atoms with Crippen molar-refractivity contribution in [3.63, 3.8) is 0 Å². The number of benzene rings is 1. The Labute approximate surface area is 117 Å². The van der Waals surface area contributed by atoms with Gasteiger partial charge in [0.05, 0.1) is 11.8 Å². The van der Waals surface area contributed by atoms with Crippen LogP contribution >= 0.6 is 0 Å². The van der Waals surface area contributed by atoms with Gasteiger partial charge in [-0.05, 0) is 37.5 Å². The number of rotatable bonds is 1. The van der Waals surface area contributed by atoms with Gasteiger partial charge in [-0.2, -0.15) is 0 Å². The summed E-state index contributed by atoms with van der Waals surface area (Å²) >= 11 is 0. The Bertz CT molecular complexity index is 656. The third-order valence-electron chi connectivity index (χ3n) is 3.75. The van der Waals surface area contributed by atoms with Gasteiger partial charge in [0.15, 0.2) is 5.82 Å². The highest BCUT2D eigenvalue weighted by molar-refractivity contribution is 6.07. The minimum absolute atomic E-state index is 0.0602. The molecule has 4 heteroatoms. The number of hydrogen-bond donors (Lipinski definition) is 0. The molecule has 1 aliphatic rings. The number of halogens is 1. The first kappa shape index (κ1) is 12.8. The zero-order valence-electron chi connectivity index (χ0n) is 11.2. The van der Waals surface area contributed by atoms with Crippen LogP contribution in [0, 0.1) is 5.82 Å². The van der Waals surface area contributed by atoms with Crippen molar-refractivity contribution in [1.82, 2.24) is 4.98 Å². The first-order valence-corrected chi connectivity index (χ1v) is 6.69. The van der Waals surface area contributed by atoms with E-state index in [1.165, 1.54) is 12.3 Å². The van der Waals surface area contributed by atoms with Crippen LogP contribution in [0.4, 0.5) is 10.1 Å². The Morgan fingerprint density at radius 1 is 1.35 bits per heavy atom. The predicted molar refractivity (Wildman–Crippen MR) is 75.2 cm³/mol. The zero-order valence-corrected chi connectivity index (χ0v) is 11.2. The van der Waals surface area contributed by atoms with Gasteiger partial charge < -0.3 is 4.90 Å². The van der Waals surface area contributed by atoms with Crippen molar-refractivity contribution >= 4 is 11.6 Å². The van der Waals surface area contributed by atoms with Gasteiger partial charge in [-0.3, -0.25) is 9.78 Å². The maximum Gasteiger partial charge on any atom is 0.261 e. The largest absolute Gasteiger partial charge is 0.305 e. The minimum Gasteiger partial charge on any atom is -0.305 e. The number of nitrogens with zero attached hydrogens (tertiary/aromatic N) is 2. The number of aromatic nitrogens is 1. The fourth-order valence-electron chi connectivity index (χ4n) is 2.68. The number of para-hydroxylation sites is 1. The lowest BCUT2D eigenvalue weighted by molar-refractivity contribution is 0.0971. The molecule has 20 heavy (non-hydrogen) atoms. The molecule has 3 rings (SSSR count). The Hall–Kier alpha value is -2.23. The molecular formula is C16H15FN2O. The van der Waals surface area contributed by atoms with E-state index in [4.69, 9.17) is 0 Å². The smallest absolute Gasteiger partial charge is 0.261 e. The maximum atomic E-state index is 13.8. The van der Waals surface area contributed by atoms with E-state index in [1.54, 1.807) is 4.90 Å². The second-order valence-electron chi connectivity index (χ2n) is 5.05. The summed E-state index contributed by atoms with van der Waals surface area (Å²) < 4.78 is 13.8. The molecule has 0 N–H and O–H groups in total. The average molecular weight is 270 g/mol. The topological polar surface area (TPSA) is 33.2 Å². The van der Waals surface area contributed by atoms with E-state index < -0.39 is 5.82 Å². The predicted octanol–water partition coefficient (Wildman–Crippen LogP) is 3.20. The van der Waals surface area contributed by atoms with Crippen molar-refractivity contribution in [2.24, 2.45) is 0 Å². The van der Waals surface area contributed by atoms with E-state index in [-0.39, 0.29) is 17.5 Å². The highest BCUT2D eigenvalue weighted by Crippen LogP contribution is 2.31. The minimum atomic E-state index is -0.576. The van der Waals surface area contributed by atoms with Crippen LogP contribution in [-0.4, -0.2) is 16.9 Å². The van der Waals surface area contributed by atoms with Crippen LogP contribution in [0.3, 0.4) is 0 Å². The lowest BCUT2D eigenvalue weighted by atomic mass is 9.96. The van der Waals surface area contributed by atoms with Gasteiger partial charge >= 0.3 is 0 Å². The summed E-state index contributed by atoms with van der Waals surface area (Å²) in [4.78, 5) is 18.0. The molecule has 0 fully saturated rings. The monoisotopic (exact) mass is 270 g/mol. The van der Waals surface area contributed by atoms with Gasteiger partial charge in [0.2, 0.25) is 0 Å². The molecular weight excluding hydrogens is 255 g/mol. The highest BCUT2D eigenvalue weighted by atomic mass is 19.1. The van der Waals surface area contributed by atoms with Crippen molar-refractivity contribution in [3.8, 4) is 0 Å². The van der Waals surface area contributed by atoms with Crippen LogP contribution in [0.25, 0.3) is 0 Å². The van der Waals surface area contributed by atoms with Crippen LogP contribution < -0.4 is 4.90 Å². The molecule has 3 nitrogen and oxygen atoms in total. The molecule has 0 spiro atoms. The highest BCUT2D eigenvalue weighted by Gasteiger charge is 2.29. The van der Waals surface area contributed by atoms with Gasteiger partial charge in [0, 0.05) is 17.9 Å². The van der Waals surface area contributed by atoms with Gasteiger partial charge in [0.25, 0.3) is 5.91 Å². The number of hydrogen-bond acceptors (Lipinski definition) is 2. The summed E-state index contributed by atoms with van der Waals surface area (Å²) in [5, 5.41) is 0. The average Bonchev–Trinajstić information content (AvgIpc) is 2.47. The lowest BCUT2D eigenvalue weighted by Gasteiger charge is -2.35. The molecule has 0 saturated carbocycles. The number of fused-ring (bicyclic) bond motifs is 1. The fraction of sp³-hybridized carbons (Fsp3) is 0.250. The molecule has 2 heterocycles. The van der Waals surface area contributed by atoms with Crippen LogP contribution in [0.5, 0.6) is 0 Å². The van der Waals surface area contributed by atoms with Crippen LogP contribution in [0.1, 0.15) is 29.3 Å². The second kappa shape index (κ2) is 5.04. The van der Waals surface area contributed by atoms with E-state index in [0.717, 1.165) is 30.3 Å². The number of amides is 1. The van der Waals surface area contributed by atoms with E-state index in [0.29, 0.717) is 0 Å². The fourth-order valence-corrected chi connectivity index (χ4v) is 2.68. The molecule has 102 valence electrons. The SMILES string of the molecule is CC1CCc2ccccc2N1C(=O)c1ccncc1F. The van der Waals surface area contributed by atoms with Crippen LogP contribution in [0.2, 0.25) is 0 Å². The van der Waals surface area contributed by atoms with E-state index in [2.05, 4.69) is 4.98 Å². The first-order chi connectivity index (χ1) is 9.68.